The summed E-state index contributed by atoms with van der Waals surface area (Å²) in [6.07, 6.45) is 2.87. The number of ether oxygens (including phenoxy) is 1. The summed E-state index contributed by atoms with van der Waals surface area (Å²) in [5.74, 6) is 1.35. The normalized spacial score (nSPS) is 12.8. The van der Waals surface area contributed by atoms with Crippen LogP contribution >= 0.6 is 0 Å². The quantitative estimate of drug-likeness (QED) is 0.628. The predicted octanol–water partition coefficient (Wildman–Crippen LogP) is 5.42. The highest BCUT2D eigenvalue weighted by molar-refractivity contribution is 5.91. The Morgan fingerprint density at radius 3 is 2.73 bits per heavy atom. The molecule has 0 saturated heterocycles. The fraction of sp³-hybridized carbons (Fsp3) is 0.273. The van der Waals surface area contributed by atoms with Crippen LogP contribution in [-0.4, -0.2) is 16.1 Å². The molecule has 0 radical (unpaired) electrons. The molecule has 3 aromatic rings. The van der Waals surface area contributed by atoms with Gasteiger partial charge in [-0.1, -0.05) is 25.1 Å². The Hall–Kier alpha value is -3.06. The van der Waals surface area contributed by atoms with Crippen LogP contribution in [0.2, 0.25) is 0 Å². The molecular weight excluding hydrogens is 322 g/mol. The number of nitrogens with zero attached hydrogens (tertiary/aromatic N) is 2. The SMILES string of the molecule is CC[C@@H](C)Oc1ccccc1/C=C(\C#N)c1nc2cc(C)c(C)cc2[nH]1. The maximum absolute atomic E-state index is 9.67. The minimum atomic E-state index is 0.118. The second-order valence-electron chi connectivity index (χ2n) is 6.58. The van der Waals surface area contributed by atoms with Gasteiger partial charge in [-0.05, 0) is 62.6 Å². The van der Waals surface area contributed by atoms with Crippen molar-refractivity contribution in [3.63, 3.8) is 0 Å². The minimum Gasteiger partial charge on any atom is -0.490 e. The fourth-order valence-electron chi connectivity index (χ4n) is 2.71. The van der Waals surface area contributed by atoms with E-state index < -0.39 is 0 Å². The lowest BCUT2D eigenvalue weighted by Gasteiger charge is -2.14. The van der Waals surface area contributed by atoms with E-state index in [1.54, 1.807) is 0 Å². The standard InChI is InChI=1S/C22H23N3O/c1-5-16(4)26-21-9-7-6-8-17(21)12-18(13-23)22-24-19-10-14(2)15(3)11-20(19)25-22/h6-12,16H,5H2,1-4H3,(H,24,25)/b18-12+/t16-/m1/s1. The number of aromatic amines is 1. The summed E-state index contributed by atoms with van der Waals surface area (Å²) in [6, 6.07) is 14.1. The van der Waals surface area contributed by atoms with Crippen LogP contribution in [0.3, 0.4) is 0 Å². The molecule has 4 nitrogen and oxygen atoms in total. The van der Waals surface area contributed by atoms with E-state index in [-0.39, 0.29) is 6.10 Å². The van der Waals surface area contributed by atoms with Crippen molar-refractivity contribution in [1.29, 1.82) is 5.26 Å². The molecule has 0 bridgehead atoms. The number of aryl methyl sites for hydroxylation is 2. The van der Waals surface area contributed by atoms with Gasteiger partial charge in [0.05, 0.1) is 22.7 Å². The number of benzene rings is 2. The molecule has 1 atom stereocenters. The molecule has 0 amide bonds. The molecule has 2 aromatic carbocycles. The zero-order valence-electron chi connectivity index (χ0n) is 15.6. The number of hydrogen-bond acceptors (Lipinski definition) is 3. The molecular formula is C22H23N3O. The second-order valence-corrected chi connectivity index (χ2v) is 6.58. The van der Waals surface area contributed by atoms with Crippen LogP contribution in [0.5, 0.6) is 5.75 Å². The highest BCUT2D eigenvalue weighted by Gasteiger charge is 2.11. The fourth-order valence-corrected chi connectivity index (χ4v) is 2.71. The average molecular weight is 345 g/mol. The van der Waals surface area contributed by atoms with E-state index in [2.05, 4.69) is 42.9 Å². The van der Waals surface area contributed by atoms with Crippen LogP contribution in [0.4, 0.5) is 0 Å². The molecule has 1 N–H and O–H groups in total. The number of allylic oxidation sites excluding steroid dienone is 1. The molecule has 0 aliphatic heterocycles. The Kier molecular flexibility index (Phi) is 5.09. The maximum Gasteiger partial charge on any atom is 0.149 e. The van der Waals surface area contributed by atoms with Crippen LogP contribution < -0.4 is 4.74 Å². The maximum atomic E-state index is 9.67. The van der Waals surface area contributed by atoms with E-state index in [9.17, 15) is 5.26 Å². The van der Waals surface area contributed by atoms with Gasteiger partial charge in [0, 0.05) is 5.56 Å². The molecule has 4 heteroatoms. The third kappa shape index (κ3) is 3.62. The Balaban J connectivity index is 2.03. The number of nitrogens with one attached hydrogen (secondary N) is 1. The summed E-state index contributed by atoms with van der Waals surface area (Å²) >= 11 is 0. The van der Waals surface area contributed by atoms with E-state index in [0.717, 1.165) is 28.8 Å². The summed E-state index contributed by atoms with van der Waals surface area (Å²) in [5, 5.41) is 9.67. The number of hydrogen-bond donors (Lipinski definition) is 1. The summed E-state index contributed by atoms with van der Waals surface area (Å²) in [4.78, 5) is 7.87. The molecule has 1 heterocycles. The van der Waals surface area contributed by atoms with Crippen molar-refractivity contribution in [2.75, 3.05) is 0 Å². The molecule has 0 spiro atoms. The minimum absolute atomic E-state index is 0.118. The average Bonchev–Trinajstić information content (AvgIpc) is 3.03. The van der Waals surface area contributed by atoms with E-state index in [1.807, 2.05) is 43.3 Å². The van der Waals surface area contributed by atoms with Gasteiger partial charge in [-0.15, -0.1) is 0 Å². The van der Waals surface area contributed by atoms with Gasteiger partial charge in [-0.3, -0.25) is 0 Å². The molecule has 3 rings (SSSR count). The number of aromatic nitrogens is 2. The van der Waals surface area contributed by atoms with Gasteiger partial charge in [-0.25, -0.2) is 4.98 Å². The summed E-state index contributed by atoms with van der Waals surface area (Å²) < 4.78 is 5.98. The molecule has 0 saturated carbocycles. The number of imidazole rings is 1. The first kappa shape index (κ1) is 17.8. The van der Waals surface area contributed by atoms with Crippen LogP contribution in [0.15, 0.2) is 36.4 Å². The molecule has 1 aromatic heterocycles. The first-order valence-corrected chi connectivity index (χ1v) is 8.86. The van der Waals surface area contributed by atoms with Gasteiger partial charge >= 0.3 is 0 Å². The van der Waals surface area contributed by atoms with Crippen molar-refractivity contribution in [2.24, 2.45) is 0 Å². The molecule has 132 valence electrons. The van der Waals surface area contributed by atoms with Crippen LogP contribution in [-0.2, 0) is 0 Å². The Labute approximate surface area is 154 Å². The van der Waals surface area contributed by atoms with E-state index >= 15 is 0 Å². The lowest BCUT2D eigenvalue weighted by Crippen LogP contribution is -2.10. The van der Waals surface area contributed by atoms with Crippen molar-refractivity contribution >= 4 is 22.7 Å². The van der Waals surface area contributed by atoms with Gasteiger partial charge in [0.15, 0.2) is 0 Å². The van der Waals surface area contributed by atoms with Crippen LogP contribution in [0.25, 0.3) is 22.7 Å². The van der Waals surface area contributed by atoms with Crippen molar-refractivity contribution < 1.29 is 4.74 Å². The van der Waals surface area contributed by atoms with Crippen molar-refractivity contribution in [1.82, 2.24) is 9.97 Å². The predicted molar refractivity (Wildman–Crippen MR) is 106 cm³/mol. The lowest BCUT2D eigenvalue weighted by atomic mass is 10.1. The third-order valence-corrected chi connectivity index (χ3v) is 4.59. The summed E-state index contributed by atoms with van der Waals surface area (Å²) in [5.41, 5.74) is 5.54. The van der Waals surface area contributed by atoms with Gasteiger partial charge in [-0.2, -0.15) is 5.26 Å². The van der Waals surface area contributed by atoms with E-state index in [1.165, 1.54) is 11.1 Å². The molecule has 0 aliphatic carbocycles. The largest absolute Gasteiger partial charge is 0.490 e. The first-order valence-electron chi connectivity index (χ1n) is 8.86. The number of fused-ring (bicyclic) bond motifs is 1. The number of para-hydroxylation sites is 1. The zero-order chi connectivity index (χ0) is 18.7. The Morgan fingerprint density at radius 2 is 2.00 bits per heavy atom. The number of H-pyrrole nitrogens is 1. The van der Waals surface area contributed by atoms with Gasteiger partial charge in [0.1, 0.15) is 17.6 Å². The van der Waals surface area contributed by atoms with Crippen LogP contribution in [0, 0.1) is 25.2 Å². The zero-order valence-corrected chi connectivity index (χ0v) is 15.6. The lowest BCUT2D eigenvalue weighted by molar-refractivity contribution is 0.217. The topological polar surface area (TPSA) is 61.7 Å². The molecule has 0 aliphatic rings. The monoisotopic (exact) mass is 345 g/mol. The Bertz CT molecular complexity index is 969. The van der Waals surface area contributed by atoms with Crippen molar-refractivity contribution in [2.45, 2.75) is 40.2 Å². The second kappa shape index (κ2) is 7.45. The van der Waals surface area contributed by atoms with Gasteiger partial charge in [0.25, 0.3) is 0 Å². The highest BCUT2D eigenvalue weighted by atomic mass is 16.5. The molecule has 26 heavy (non-hydrogen) atoms. The molecule has 0 fully saturated rings. The van der Waals surface area contributed by atoms with Crippen molar-refractivity contribution in [3.8, 4) is 11.8 Å². The van der Waals surface area contributed by atoms with Crippen molar-refractivity contribution in [3.05, 3.63) is 58.9 Å². The third-order valence-electron chi connectivity index (χ3n) is 4.59. The van der Waals surface area contributed by atoms with Gasteiger partial charge < -0.3 is 9.72 Å². The highest BCUT2D eigenvalue weighted by Crippen LogP contribution is 2.26. The number of rotatable bonds is 5. The van der Waals surface area contributed by atoms with E-state index in [0.29, 0.717) is 11.4 Å². The summed E-state index contributed by atoms with van der Waals surface area (Å²) in [7, 11) is 0. The number of nitriles is 1. The van der Waals surface area contributed by atoms with E-state index in [4.69, 9.17) is 4.74 Å². The molecule has 0 unspecified atom stereocenters. The smallest absolute Gasteiger partial charge is 0.149 e. The summed E-state index contributed by atoms with van der Waals surface area (Å²) in [6.45, 7) is 8.25. The van der Waals surface area contributed by atoms with Gasteiger partial charge in [0.2, 0.25) is 0 Å². The van der Waals surface area contributed by atoms with Crippen LogP contribution in [0.1, 0.15) is 42.8 Å². The first-order chi connectivity index (χ1) is 12.5. The Morgan fingerprint density at radius 1 is 1.27 bits per heavy atom.